The van der Waals surface area contributed by atoms with E-state index in [-0.39, 0.29) is 5.78 Å². The largest absolute Gasteiger partial charge is 0.342 e. The van der Waals surface area contributed by atoms with Gasteiger partial charge in [0.1, 0.15) is 0 Å². The van der Waals surface area contributed by atoms with Crippen LogP contribution in [0, 0.1) is 0 Å². The van der Waals surface area contributed by atoms with Crippen molar-refractivity contribution in [3.05, 3.63) is 53.9 Å². The van der Waals surface area contributed by atoms with Gasteiger partial charge in [-0.25, -0.2) is 0 Å². The van der Waals surface area contributed by atoms with Gasteiger partial charge in [-0.1, -0.05) is 30.3 Å². The van der Waals surface area contributed by atoms with Crippen molar-refractivity contribution in [1.29, 1.82) is 0 Å². The number of aromatic nitrogens is 2. The Labute approximate surface area is 129 Å². The Morgan fingerprint density at radius 1 is 1.14 bits per heavy atom. The Hall–Kier alpha value is -2.42. The highest BCUT2D eigenvalue weighted by molar-refractivity contribution is 6.12. The number of fused-ring (bicyclic) bond motifs is 3. The lowest BCUT2D eigenvalue weighted by Gasteiger charge is -2.14. The Morgan fingerprint density at radius 2 is 1.95 bits per heavy atom. The minimum Gasteiger partial charge on any atom is -0.342 e. The van der Waals surface area contributed by atoms with Gasteiger partial charge in [0.25, 0.3) is 0 Å². The topological polar surface area (TPSA) is 34.9 Å². The maximum Gasteiger partial charge on any atom is 0.165 e. The molecule has 0 aliphatic heterocycles. The summed E-state index contributed by atoms with van der Waals surface area (Å²) in [6.07, 6.45) is 4.43. The predicted molar refractivity (Wildman–Crippen MR) is 88.1 cm³/mol. The van der Waals surface area contributed by atoms with E-state index in [1.165, 1.54) is 5.69 Å². The van der Waals surface area contributed by atoms with Gasteiger partial charge in [-0.3, -0.25) is 9.78 Å². The Bertz CT molecular complexity index is 862. The molecule has 1 aliphatic carbocycles. The number of nitrogens with zero attached hydrogens (tertiary/aromatic N) is 2. The van der Waals surface area contributed by atoms with E-state index >= 15 is 0 Å². The van der Waals surface area contributed by atoms with Crippen molar-refractivity contribution in [2.45, 2.75) is 32.7 Å². The van der Waals surface area contributed by atoms with E-state index in [4.69, 9.17) is 0 Å². The second-order valence-corrected chi connectivity index (χ2v) is 5.76. The fourth-order valence-corrected chi connectivity index (χ4v) is 3.62. The van der Waals surface area contributed by atoms with Crippen LogP contribution in [0.25, 0.3) is 22.2 Å². The molecule has 2 heterocycles. The molecule has 4 rings (SSSR count). The molecule has 0 spiro atoms. The average molecular weight is 290 g/mol. The molecule has 0 N–H and O–H groups in total. The summed E-state index contributed by atoms with van der Waals surface area (Å²) in [6, 6.07) is 12.2. The average Bonchev–Trinajstić information content (AvgIpc) is 2.90. The molecular formula is C19H18N2O. The van der Waals surface area contributed by atoms with Crippen molar-refractivity contribution in [1.82, 2.24) is 9.55 Å². The number of hydrogen-bond donors (Lipinski definition) is 0. The predicted octanol–water partition coefficient (Wildman–Crippen LogP) is 4.24. The van der Waals surface area contributed by atoms with Crippen LogP contribution in [-0.4, -0.2) is 15.3 Å². The summed E-state index contributed by atoms with van der Waals surface area (Å²) in [7, 11) is 0. The summed E-state index contributed by atoms with van der Waals surface area (Å²) in [5.74, 6) is 0.281. The van der Waals surface area contributed by atoms with Gasteiger partial charge in [0, 0.05) is 41.4 Å². The second kappa shape index (κ2) is 5.09. The molecule has 0 bridgehead atoms. The van der Waals surface area contributed by atoms with Gasteiger partial charge >= 0.3 is 0 Å². The molecule has 2 aromatic heterocycles. The highest BCUT2D eigenvalue weighted by Crippen LogP contribution is 2.36. The first-order chi connectivity index (χ1) is 10.8. The van der Waals surface area contributed by atoms with E-state index in [1.54, 1.807) is 0 Å². The number of aryl methyl sites for hydroxylation is 1. The summed E-state index contributed by atoms with van der Waals surface area (Å²) < 4.78 is 2.29. The van der Waals surface area contributed by atoms with Crippen LogP contribution in [0.2, 0.25) is 0 Å². The first kappa shape index (κ1) is 13.3. The van der Waals surface area contributed by atoms with Crippen molar-refractivity contribution in [2.24, 2.45) is 0 Å². The summed E-state index contributed by atoms with van der Waals surface area (Å²) in [5, 5.41) is 1.07. The molecule has 0 unspecified atom stereocenters. The number of rotatable bonds is 2. The highest BCUT2D eigenvalue weighted by atomic mass is 16.1. The molecule has 3 nitrogen and oxygen atoms in total. The summed E-state index contributed by atoms with van der Waals surface area (Å²) in [6.45, 7) is 3.01. The monoisotopic (exact) mass is 290 g/mol. The molecule has 3 aromatic rings. The first-order valence-corrected chi connectivity index (χ1v) is 7.90. The van der Waals surface area contributed by atoms with E-state index in [2.05, 4.69) is 28.6 Å². The van der Waals surface area contributed by atoms with Crippen molar-refractivity contribution >= 4 is 16.7 Å². The number of Topliss-reactive ketones (excluding diaryl/α,β-unsaturated/α-hetero) is 1. The number of carbonyl (C=O) groups is 1. The molecule has 3 heteroatoms. The minimum absolute atomic E-state index is 0.281. The van der Waals surface area contributed by atoms with E-state index in [0.29, 0.717) is 6.42 Å². The van der Waals surface area contributed by atoms with Gasteiger partial charge in [-0.2, -0.15) is 0 Å². The first-order valence-electron chi connectivity index (χ1n) is 7.90. The summed E-state index contributed by atoms with van der Waals surface area (Å²) >= 11 is 0. The van der Waals surface area contributed by atoms with E-state index < -0.39 is 0 Å². The molecule has 0 fully saturated rings. The van der Waals surface area contributed by atoms with Crippen LogP contribution in [0.3, 0.4) is 0 Å². The maximum absolute atomic E-state index is 12.4. The number of carbonyl (C=O) groups excluding carboxylic acids is 1. The van der Waals surface area contributed by atoms with Crippen molar-refractivity contribution in [2.75, 3.05) is 0 Å². The third-order valence-electron chi connectivity index (χ3n) is 4.54. The lowest BCUT2D eigenvalue weighted by Crippen LogP contribution is -2.12. The lowest BCUT2D eigenvalue weighted by atomic mass is 9.94. The van der Waals surface area contributed by atoms with Gasteiger partial charge in [0.2, 0.25) is 0 Å². The van der Waals surface area contributed by atoms with Crippen LogP contribution in [0.5, 0.6) is 0 Å². The van der Waals surface area contributed by atoms with Crippen LogP contribution < -0.4 is 0 Å². The van der Waals surface area contributed by atoms with E-state index in [0.717, 1.165) is 47.1 Å². The van der Waals surface area contributed by atoms with Crippen LogP contribution in [-0.2, 0) is 13.0 Å². The molecule has 22 heavy (non-hydrogen) atoms. The van der Waals surface area contributed by atoms with Crippen LogP contribution >= 0.6 is 0 Å². The van der Waals surface area contributed by atoms with Gasteiger partial charge in [0.15, 0.2) is 5.78 Å². The quantitative estimate of drug-likeness (QED) is 0.707. The molecule has 0 radical (unpaired) electrons. The number of ketones is 1. The molecule has 110 valence electrons. The van der Waals surface area contributed by atoms with Crippen LogP contribution in [0.15, 0.2) is 42.6 Å². The maximum atomic E-state index is 12.4. The Balaban J connectivity index is 2.11. The summed E-state index contributed by atoms with van der Waals surface area (Å²) in [5.41, 5.74) is 5.31. The lowest BCUT2D eigenvalue weighted by molar-refractivity contribution is 0.0973. The zero-order chi connectivity index (χ0) is 15.1. The van der Waals surface area contributed by atoms with Gasteiger partial charge in [-0.15, -0.1) is 0 Å². The molecule has 1 aromatic carbocycles. The third kappa shape index (κ3) is 1.82. The van der Waals surface area contributed by atoms with Crippen molar-refractivity contribution in [3.8, 4) is 11.3 Å². The molecule has 0 saturated carbocycles. The van der Waals surface area contributed by atoms with Gasteiger partial charge in [0.05, 0.1) is 11.2 Å². The second-order valence-electron chi connectivity index (χ2n) is 5.76. The standard InChI is InChI=1S/C19H18N2O/c1-2-21-15-9-6-10-16(22)17(15)14-11-12-20-18(19(14)21)13-7-4-3-5-8-13/h3-5,7-8,11-12H,2,6,9-10H2,1H3. The Morgan fingerprint density at radius 3 is 2.73 bits per heavy atom. The van der Waals surface area contributed by atoms with E-state index in [9.17, 15) is 4.79 Å². The normalized spacial score (nSPS) is 14.3. The molecule has 0 atom stereocenters. The third-order valence-corrected chi connectivity index (χ3v) is 4.54. The minimum atomic E-state index is 0.281. The van der Waals surface area contributed by atoms with E-state index in [1.807, 2.05) is 30.5 Å². The zero-order valence-electron chi connectivity index (χ0n) is 12.7. The van der Waals surface area contributed by atoms with Crippen molar-refractivity contribution in [3.63, 3.8) is 0 Å². The Kier molecular flexibility index (Phi) is 3.07. The number of benzene rings is 1. The fourth-order valence-electron chi connectivity index (χ4n) is 3.62. The molecule has 0 amide bonds. The van der Waals surface area contributed by atoms with Crippen LogP contribution in [0.4, 0.5) is 0 Å². The SMILES string of the molecule is CCn1c2c(c3ccnc(-c4ccccc4)c31)C(=O)CCC2. The molecular weight excluding hydrogens is 272 g/mol. The molecule has 1 aliphatic rings. The molecule has 0 saturated heterocycles. The van der Waals surface area contributed by atoms with Gasteiger partial charge in [-0.05, 0) is 25.8 Å². The fraction of sp³-hybridized carbons (Fsp3) is 0.263. The van der Waals surface area contributed by atoms with Gasteiger partial charge < -0.3 is 4.57 Å². The number of hydrogen-bond acceptors (Lipinski definition) is 2. The van der Waals surface area contributed by atoms with Crippen LogP contribution in [0.1, 0.15) is 35.8 Å². The smallest absolute Gasteiger partial charge is 0.165 e. The number of pyridine rings is 1. The summed E-state index contributed by atoms with van der Waals surface area (Å²) in [4.78, 5) is 17.1. The highest BCUT2D eigenvalue weighted by Gasteiger charge is 2.26. The zero-order valence-corrected chi connectivity index (χ0v) is 12.7. The van der Waals surface area contributed by atoms with Crippen molar-refractivity contribution < 1.29 is 4.79 Å².